The largest absolute Gasteiger partial charge is 0.323 e. The summed E-state index contributed by atoms with van der Waals surface area (Å²) < 4.78 is 0. The molecular formula is C18H14ClN3O. The number of nitrogens with one attached hydrogen (secondary N) is 2. The van der Waals surface area contributed by atoms with Crippen LogP contribution >= 0.6 is 11.6 Å². The minimum atomic E-state index is -0.208. The standard InChI is InChI=1S/C18H14ClN3O/c1-9-6-12(17-14(7-9)21-18(23)22-17)15-10(2)8-13(19)16-11(15)4-3-5-20-16/h3-8H,1-2H3,(H2,21,22,23). The van der Waals surface area contributed by atoms with E-state index in [0.717, 1.165) is 44.2 Å². The fourth-order valence-electron chi connectivity index (χ4n) is 3.18. The highest BCUT2D eigenvalue weighted by Gasteiger charge is 2.15. The lowest BCUT2D eigenvalue weighted by Crippen LogP contribution is -1.99. The number of aryl methyl sites for hydroxylation is 2. The molecule has 4 nitrogen and oxygen atoms in total. The van der Waals surface area contributed by atoms with Gasteiger partial charge in [0.05, 0.1) is 21.6 Å². The van der Waals surface area contributed by atoms with Crippen molar-refractivity contribution in [3.63, 3.8) is 0 Å². The van der Waals surface area contributed by atoms with Crippen LogP contribution in [0.15, 0.2) is 41.3 Å². The fraction of sp³-hybridized carbons (Fsp3) is 0.111. The number of aromatic amines is 2. The number of fused-ring (bicyclic) bond motifs is 2. The second kappa shape index (κ2) is 4.96. The molecule has 0 unspecified atom stereocenters. The van der Waals surface area contributed by atoms with E-state index in [-0.39, 0.29) is 5.69 Å². The van der Waals surface area contributed by atoms with E-state index in [4.69, 9.17) is 11.6 Å². The topological polar surface area (TPSA) is 61.5 Å². The van der Waals surface area contributed by atoms with Crippen molar-refractivity contribution in [2.24, 2.45) is 0 Å². The van der Waals surface area contributed by atoms with Gasteiger partial charge in [-0.05, 0) is 54.8 Å². The maximum atomic E-state index is 11.7. The third-order valence-corrected chi connectivity index (χ3v) is 4.37. The highest BCUT2D eigenvalue weighted by molar-refractivity contribution is 6.35. The Bertz CT molecular complexity index is 1120. The van der Waals surface area contributed by atoms with Gasteiger partial charge in [0.2, 0.25) is 0 Å². The molecule has 0 amide bonds. The Labute approximate surface area is 137 Å². The van der Waals surface area contributed by atoms with Crippen LogP contribution in [-0.2, 0) is 0 Å². The van der Waals surface area contributed by atoms with Gasteiger partial charge in [0.25, 0.3) is 0 Å². The molecule has 2 N–H and O–H groups in total. The molecule has 0 aliphatic heterocycles. The summed E-state index contributed by atoms with van der Waals surface area (Å²) in [5, 5.41) is 1.61. The minimum Gasteiger partial charge on any atom is -0.306 e. The van der Waals surface area contributed by atoms with E-state index in [0.29, 0.717) is 5.02 Å². The Morgan fingerprint density at radius 1 is 1.13 bits per heavy atom. The van der Waals surface area contributed by atoms with Crippen LogP contribution in [0.25, 0.3) is 33.1 Å². The Hall–Kier alpha value is -2.59. The molecule has 0 aliphatic rings. The van der Waals surface area contributed by atoms with Gasteiger partial charge in [0.15, 0.2) is 0 Å². The Balaban J connectivity index is 2.21. The van der Waals surface area contributed by atoms with E-state index in [1.54, 1.807) is 6.20 Å². The lowest BCUT2D eigenvalue weighted by atomic mass is 9.93. The van der Waals surface area contributed by atoms with Crippen LogP contribution in [0, 0.1) is 13.8 Å². The van der Waals surface area contributed by atoms with Crippen LogP contribution in [-0.4, -0.2) is 15.0 Å². The number of benzene rings is 2. The average molecular weight is 324 g/mol. The van der Waals surface area contributed by atoms with Gasteiger partial charge in [-0.25, -0.2) is 4.79 Å². The third-order valence-electron chi connectivity index (χ3n) is 4.08. The predicted octanol–water partition coefficient (Wildman–Crippen LogP) is 4.34. The quantitative estimate of drug-likeness (QED) is 0.547. The first kappa shape index (κ1) is 14.0. The van der Waals surface area contributed by atoms with Crippen molar-refractivity contribution in [3.8, 4) is 11.1 Å². The molecule has 0 aliphatic carbocycles. The Morgan fingerprint density at radius 2 is 1.96 bits per heavy atom. The van der Waals surface area contributed by atoms with Crippen molar-refractivity contribution in [1.29, 1.82) is 0 Å². The molecule has 4 aromatic rings. The lowest BCUT2D eigenvalue weighted by molar-refractivity contribution is 1.21. The molecule has 2 aromatic carbocycles. The lowest BCUT2D eigenvalue weighted by Gasteiger charge is -2.13. The van der Waals surface area contributed by atoms with Gasteiger partial charge in [-0.1, -0.05) is 17.7 Å². The molecule has 0 saturated carbocycles. The summed E-state index contributed by atoms with van der Waals surface area (Å²) in [6.07, 6.45) is 1.73. The molecular weight excluding hydrogens is 310 g/mol. The smallest absolute Gasteiger partial charge is 0.306 e. The number of halogens is 1. The summed E-state index contributed by atoms with van der Waals surface area (Å²) in [6.45, 7) is 4.03. The van der Waals surface area contributed by atoms with Crippen molar-refractivity contribution < 1.29 is 0 Å². The first-order chi connectivity index (χ1) is 11.0. The average Bonchev–Trinajstić information content (AvgIpc) is 2.87. The summed E-state index contributed by atoms with van der Waals surface area (Å²) >= 11 is 6.35. The van der Waals surface area contributed by atoms with Crippen molar-refractivity contribution in [3.05, 3.63) is 63.2 Å². The van der Waals surface area contributed by atoms with E-state index >= 15 is 0 Å². The van der Waals surface area contributed by atoms with Crippen molar-refractivity contribution in [2.45, 2.75) is 13.8 Å². The maximum absolute atomic E-state index is 11.7. The molecule has 114 valence electrons. The normalized spacial score (nSPS) is 11.4. The molecule has 0 radical (unpaired) electrons. The number of hydrogen-bond donors (Lipinski definition) is 2. The van der Waals surface area contributed by atoms with Crippen LogP contribution in [0.3, 0.4) is 0 Å². The van der Waals surface area contributed by atoms with Gasteiger partial charge in [0.1, 0.15) is 0 Å². The molecule has 0 spiro atoms. The van der Waals surface area contributed by atoms with Crippen LogP contribution in [0.4, 0.5) is 0 Å². The summed E-state index contributed by atoms with van der Waals surface area (Å²) in [5.74, 6) is 0. The summed E-state index contributed by atoms with van der Waals surface area (Å²) in [5.41, 5.74) is 6.31. The monoisotopic (exact) mass is 323 g/mol. The molecule has 23 heavy (non-hydrogen) atoms. The van der Waals surface area contributed by atoms with E-state index in [9.17, 15) is 4.79 Å². The maximum Gasteiger partial charge on any atom is 0.323 e. The van der Waals surface area contributed by atoms with Crippen LogP contribution < -0.4 is 5.69 Å². The van der Waals surface area contributed by atoms with Crippen molar-refractivity contribution in [1.82, 2.24) is 15.0 Å². The highest BCUT2D eigenvalue weighted by Crippen LogP contribution is 2.37. The van der Waals surface area contributed by atoms with Gasteiger partial charge in [-0.15, -0.1) is 0 Å². The van der Waals surface area contributed by atoms with Crippen molar-refractivity contribution >= 4 is 33.5 Å². The second-order valence-corrected chi connectivity index (χ2v) is 6.17. The Kier molecular flexibility index (Phi) is 3.03. The first-order valence-corrected chi connectivity index (χ1v) is 7.69. The number of aromatic nitrogens is 3. The molecule has 5 heteroatoms. The summed E-state index contributed by atoms with van der Waals surface area (Å²) in [4.78, 5) is 21.9. The summed E-state index contributed by atoms with van der Waals surface area (Å²) in [6, 6.07) is 9.87. The molecule has 2 aromatic heterocycles. The molecule has 0 fully saturated rings. The molecule has 0 saturated heterocycles. The van der Waals surface area contributed by atoms with E-state index in [2.05, 4.69) is 21.0 Å². The zero-order valence-electron chi connectivity index (χ0n) is 12.7. The van der Waals surface area contributed by atoms with Gasteiger partial charge >= 0.3 is 5.69 Å². The second-order valence-electron chi connectivity index (χ2n) is 5.76. The van der Waals surface area contributed by atoms with E-state index < -0.39 is 0 Å². The molecule has 0 bridgehead atoms. The van der Waals surface area contributed by atoms with Crippen LogP contribution in [0.5, 0.6) is 0 Å². The van der Waals surface area contributed by atoms with E-state index in [1.807, 2.05) is 38.1 Å². The number of rotatable bonds is 1. The highest BCUT2D eigenvalue weighted by atomic mass is 35.5. The molecule has 0 atom stereocenters. The van der Waals surface area contributed by atoms with Gasteiger partial charge in [-0.2, -0.15) is 0 Å². The van der Waals surface area contributed by atoms with Crippen LogP contribution in [0.1, 0.15) is 11.1 Å². The fourth-order valence-corrected chi connectivity index (χ4v) is 3.50. The van der Waals surface area contributed by atoms with Gasteiger partial charge < -0.3 is 9.97 Å². The zero-order valence-corrected chi connectivity index (χ0v) is 13.5. The number of pyridine rings is 1. The third kappa shape index (κ3) is 2.14. The minimum absolute atomic E-state index is 0.208. The summed E-state index contributed by atoms with van der Waals surface area (Å²) in [7, 11) is 0. The number of nitrogens with zero attached hydrogens (tertiary/aromatic N) is 1. The Morgan fingerprint density at radius 3 is 2.78 bits per heavy atom. The zero-order chi connectivity index (χ0) is 16.1. The molecule has 4 rings (SSSR count). The van der Waals surface area contributed by atoms with Gasteiger partial charge in [-0.3, -0.25) is 4.98 Å². The SMILES string of the molecule is Cc1cc(-c2c(C)cc(Cl)c3ncccc23)c2[nH]c(=O)[nH]c2c1. The molecule has 2 heterocycles. The number of hydrogen-bond acceptors (Lipinski definition) is 2. The number of imidazole rings is 1. The predicted molar refractivity (Wildman–Crippen MR) is 94.1 cm³/mol. The first-order valence-electron chi connectivity index (χ1n) is 7.31. The van der Waals surface area contributed by atoms with Crippen molar-refractivity contribution in [2.75, 3.05) is 0 Å². The van der Waals surface area contributed by atoms with Crippen LogP contribution in [0.2, 0.25) is 5.02 Å². The number of H-pyrrole nitrogens is 2. The van der Waals surface area contributed by atoms with Gasteiger partial charge in [0, 0.05) is 17.1 Å². The van der Waals surface area contributed by atoms with E-state index in [1.165, 1.54) is 0 Å².